The first-order valence-electron chi connectivity index (χ1n) is 8.87. The molecule has 25 heavy (non-hydrogen) atoms. The Morgan fingerprint density at radius 2 is 2.00 bits per heavy atom. The van der Waals surface area contributed by atoms with Gasteiger partial charge in [-0.05, 0) is 43.9 Å². The Morgan fingerprint density at radius 3 is 2.60 bits per heavy atom. The monoisotopic (exact) mass is 464 g/mol. The van der Waals surface area contributed by atoms with Gasteiger partial charge in [-0.15, -0.1) is 24.0 Å². The fourth-order valence-corrected chi connectivity index (χ4v) is 2.77. The molecule has 1 aliphatic rings. The average molecular weight is 464 g/mol. The van der Waals surface area contributed by atoms with Crippen LogP contribution in [0.3, 0.4) is 0 Å². The van der Waals surface area contributed by atoms with Crippen molar-refractivity contribution in [2.24, 2.45) is 4.99 Å². The Hall–Kier alpha value is -1.09. The molecule has 1 aromatic rings. The third-order valence-corrected chi connectivity index (χ3v) is 4.12. The Labute approximate surface area is 167 Å². The molecule has 3 N–H and O–H groups in total. The number of nitrogens with zero attached hydrogens (tertiary/aromatic N) is 2. The summed E-state index contributed by atoms with van der Waals surface area (Å²) in [5.74, 6) is 0.541. The summed E-state index contributed by atoms with van der Waals surface area (Å²) >= 11 is 0. The second-order valence-corrected chi connectivity index (χ2v) is 6.13. The lowest BCUT2D eigenvalue weighted by Crippen LogP contribution is -2.37. The van der Waals surface area contributed by atoms with Gasteiger partial charge in [0.25, 0.3) is 0 Å². The molecule has 142 valence electrons. The molecule has 1 saturated heterocycles. The van der Waals surface area contributed by atoms with E-state index in [-0.39, 0.29) is 35.9 Å². The van der Waals surface area contributed by atoms with E-state index in [2.05, 4.69) is 22.5 Å². The number of aliphatic hydroxyl groups excluding tert-OH is 1. The zero-order chi connectivity index (χ0) is 17.4. The minimum atomic E-state index is -0.252. The number of anilines is 1. The molecule has 1 aliphatic heterocycles. The number of halogens is 2. The van der Waals surface area contributed by atoms with Crippen molar-refractivity contribution >= 4 is 35.6 Å². The molecule has 0 bridgehead atoms. The quantitative estimate of drug-likeness (QED) is 0.344. The van der Waals surface area contributed by atoms with Crippen molar-refractivity contribution in [2.75, 3.05) is 31.1 Å². The predicted octanol–water partition coefficient (Wildman–Crippen LogP) is 2.87. The van der Waals surface area contributed by atoms with Crippen molar-refractivity contribution < 1.29 is 9.50 Å². The lowest BCUT2D eigenvalue weighted by atomic mass is 10.1. The smallest absolute Gasteiger partial charge is 0.191 e. The van der Waals surface area contributed by atoms with Crippen LogP contribution in [0.1, 0.15) is 38.7 Å². The first-order chi connectivity index (χ1) is 11.6. The number of rotatable bonds is 6. The van der Waals surface area contributed by atoms with E-state index in [0.717, 1.165) is 31.0 Å². The van der Waals surface area contributed by atoms with Gasteiger partial charge < -0.3 is 20.6 Å². The van der Waals surface area contributed by atoms with Gasteiger partial charge in [0.1, 0.15) is 5.82 Å². The number of guanidine groups is 1. The summed E-state index contributed by atoms with van der Waals surface area (Å²) in [7, 11) is 0. The van der Waals surface area contributed by atoms with Gasteiger partial charge >= 0.3 is 0 Å². The lowest BCUT2D eigenvalue weighted by molar-refractivity contribution is 0.145. The van der Waals surface area contributed by atoms with Crippen LogP contribution in [-0.2, 0) is 6.54 Å². The van der Waals surface area contributed by atoms with Crippen LogP contribution in [-0.4, -0.2) is 43.3 Å². The fraction of sp³-hybridized carbons (Fsp3) is 0.611. The lowest BCUT2D eigenvalue weighted by Gasteiger charge is -2.31. The zero-order valence-electron chi connectivity index (χ0n) is 15.1. The van der Waals surface area contributed by atoms with Crippen LogP contribution in [0.5, 0.6) is 0 Å². The third kappa shape index (κ3) is 6.97. The third-order valence-electron chi connectivity index (χ3n) is 4.12. The van der Waals surface area contributed by atoms with Gasteiger partial charge in [0.15, 0.2) is 5.96 Å². The van der Waals surface area contributed by atoms with Gasteiger partial charge in [-0.2, -0.15) is 0 Å². The maximum absolute atomic E-state index is 14.4. The second-order valence-electron chi connectivity index (χ2n) is 6.13. The Kier molecular flexibility index (Phi) is 10.1. The SMILES string of the molecule is CCCNC(=NCc1ccc(N2CCC(O)CC2)c(F)c1)NCC.I. The molecule has 2 rings (SSSR count). The maximum atomic E-state index is 14.4. The zero-order valence-corrected chi connectivity index (χ0v) is 17.4. The molecule has 1 aromatic carbocycles. The Balaban J connectivity index is 0.00000312. The van der Waals surface area contributed by atoms with E-state index in [1.165, 1.54) is 0 Å². The van der Waals surface area contributed by atoms with Crippen LogP contribution in [0.25, 0.3) is 0 Å². The highest BCUT2D eigenvalue weighted by Gasteiger charge is 2.19. The molecule has 0 aliphatic carbocycles. The first kappa shape index (κ1) is 22.0. The highest BCUT2D eigenvalue weighted by Crippen LogP contribution is 2.24. The van der Waals surface area contributed by atoms with Crippen molar-refractivity contribution in [1.29, 1.82) is 0 Å². The van der Waals surface area contributed by atoms with E-state index in [9.17, 15) is 9.50 Å². The van der Waals surface area contributed by atoms with E-state index < -0.39 is 0 Å². The van der Waals surface area contributed by atoms with Gasteiger partial charge in [0.2, 0.25) is 0 Å². The molecule has 7 heteroatoms. The molecule has 5 nitrogen and oxygen atoms in total. The molecule has 0 spiro atoms. The van der Waals surface area contributed by atoms with E-state index in [1.54, 1.807) is 6.07 Å². The van der Waals surface area contributed by atoms with Crippen LogP contribution in [0.4, 0.5) is 10.1 Å². The molecular formula is C18H30FIN4O. The first-order valence-corrected chi connectivity index (χ1v) is 8.87. The Morgan fingerprint density at radius 1 is 1.28 bits per heavy atom. The average Bonchev–Trinajstić information content (AvgIpc) is 2.58. The van der Waals surface area contributed by atoms with Crippen molar-refractivity contribution in [2.45, 2.75) is 45.8 Å². The van der Waals surface area contributed by atoms with Gasteiger partial charge in [0, 0.05) is 26.2 Å². The number of hydrogen-bond donors (Lipinski definition) is 3. The standard InChI is InChI=1S/C18H29FN4O.HI/c1-3-9-21-18(20-4-2)22-13-14-5-6-17(16(19)12-14)23-10-7-15(24)8-11-23;/h5-6,12,15,24H,3-4,7-11,13H2,1-2H3,(H2,20,21,22);1H. The summed E-state index contributed by atoms with van der Waals surface area (Å²) in [5.41, 5.74) is 1.47. The molecule has 0 atom stereocenters. The molecule has 0 unspecified atom stereocenters. The number of nitrogens with one attached hydrogen (secondary N) is 2. The van der Waals surface area contributed by atoms with Gasteiger partial charge in [0.05, 0.1) is 18.3 Å². The van der Waals surface area contributed by atoms with Crippen molar-refractivity contribution in [3.8, 4) is 0 Å². The largest absolute Gasteiger partial charge is 0.393 e. The molecule has 1 fully saturated rings. The summed E-state index contributed by atoms with van der Waals surface area (Å²) < 4.78 is 14.4. The summed E-state index contributed by atoms with van der Waals surface area (Å²) in [5, 5.41) is 16.0. The minimum absolute atomic E-state index is 0. The molecule has 0 radical (unpaired) electrons. The van der Waals surface area contributed by atoms with E-state index in [1.807, 2.05) is 24.0 Å². The van der Waals surface area contributed by atoms with Crippen LogP contribution < -0.4 is 15.5 Å². The number of hydrogen-bond acceptors (Lipinski definition) is 3. The number of benzene rings is 1. The number of aliphatic imine (C=N–C) groups is 1. The van der Waals surface area contributed by atoms with E-state index in [4.69, 9.17) is 0 Å². The molecule has 0 amide bonds. The van der Waals surface area contributed by atoms with Crippen molar-refractivity contribution in [3.05, 3.63) is 29.6 Å². The van der Waals surface area contributed by atoms with Gasteiger partial charge in [-0.1, -0.05) is 13.0 Å². The van der Waals surface area contributed by atoms with Crippen LogP contribution >= 0.6 is 24.0 Å². The molecule has 0 saturated carbocycles. The van der Waals surface area contributed by atoms with Crippen LogP contribution in [0.2, 0.25) is 0 Å². The normalized spacial score (nSPS) is 15.7. The van der Waals surface area contributed by atoms with Crippen LogP contribution in [0, 0.1) is 5.82 Å². The fourth-order valence-electron chi connectivity index (χ4n) is 2.77. The van der Waals surface area contributed by atoms with E-state index in [0.29, 0.717) is 38.2 Å². The second kappa shape index (κ2) is 11.5. The van der Waals surface area contributed by atoms with Gasteiger partial charge in [-0.3, -0.25) is 0 Å². The minimum Gasteiger partial charge on any atom is -0.393 e. The maximum Gasteiger partial charge on any atom is 0.191 e. The summed E-state index contributed by atoms with van der Waals surface area (Å²) in [6.45, 7) is 7.61. The number of piperidine rings is 1. The molecular weight excluding hydrogens is 434 g/mol. The van der Waals surface area contributed by atoms with E-state index >= 15 is 0 Å². The van der Waals surface area contributed by atoms with Crippen molar-refractivity contribution in [3.63, 3.8) is 0 Å². The molecule has 0 aromatic heterocycles. The summed E-state index contributed by atoms with van der Waals surface area (Å²) in [6, 6.07) is 5.31. The highest BCUT2D eigenvalue weighted by atomic mass is 127. The summed E-state index contributed by atoms with van der Waals surface area (Å²) in [6.07, 6.45) is 2.16. The number of aliphatic hydroxyl groups is 1. The topological polar surface area (TPSA) is 59.9 Å². The van der Waals surface area contributed by atoms with Gasteiger partial charge in [-0.25, -0.2) is 9.38 Å². The van der Waals surface area contributed by atoms with Crippen LogP contribution in [0.15, 0.2) is 23.2 Å². The highest BCUT2D eigenvalue weighted by molar-refractivity contribution is 14.0. The molecule has 1 heterocycles. The predicted molar refractivity (Wildman–Crippen MR) is 112 cm³/mol. The summed E-state index contributed by atoms with van der Waals surface area (Å²) in [4.78, 5) is 6.50. The Bertz CT molecular complexity index is 548. The van der Waals surface area contributed by atoms with Crippen molar-refractivity contribution in [1.82, 2.24) is 10.6 Å².